The van der Waals surface area contributed by atoms with Crippen LogP contribution in [-0.4, -0.2) is 70.9 Å². The molecule has 2 atom stereocenters. The minimum absolute atomic E-state index is 0.141. The summed E-state index contributed by atoms with van der Waals surface area (Å²) in [5.74, 6) is -2.76. The molecule has 164 valence electrons. The van der Waals surface area contributed by atoms with Gasteiger partial charge in [-0.3, -0.25) is 9.58 Å². The molecular weight excluding hydrogens is 391 g/mol. The Morgan fingerprint density at radius 1 is 1.55 bits per heavy atom. The predicted molar refractivity (Wildman–Crippen MR) is 99.2 cm³/mol. The third-order valence-corrected chi connectivity index (χ3v) is 5.10. The molecule has 0 spiro atoms. The maximum absolute atomic E-state index is 10.6. The van der Waals surface area contributed by atoms with Crippen LogP contribution in [0.25, 0.3) is 0 Å². The number of ether oxygens (including phenoxy) is 2. The van der Waals surface area contributed by atoms with Crippen LogP contribution in [0.2, 0.25) is 0 Å². The molecule has 3 rings (SSSR count). The van der Waals surface area contributed by atoms with Crippen LogP contribution >= 0.6 is 0 Å². The van der Waals surface area contributed by atoms with Crippen molar-refractivity contribution >= 4 is 5.97 Å². The molecule has 1 aromatic rings. The fourth-order valence-corrected chi connectivity index (χ4v) is 3.89. The predicted octanol–water partition coefficient (Wildman–Crippen LogP) is 2.63. The molecule has 1 aromatic heterocycles. The molecule has 2 aliphatic heterocycles. The van der Waals surface area contributed by atoms with Gasteiger partial charge in [0.15, 0.2) is 0 Å². The lowest BCUT2D eigenvalue weighted by Gasteiger charge is -2.50. The molecule has 29 heavy (non-hydrogen) atoms. The second kappa shape index (κ2) is 10.2. The highest BCUT2D eigenvalue weighted by Crippen LogP contribution is 2.40. The van der Waals surface area contributed by atoms with Crippen molar-refractivity contribution in [1.29, 1.82) is 0 Å². The van der Waals surface area contributed by atoms with Crippen molar-refractivity contribution in [3.63, 3.8) is 0 Å². The van der Waals surface area contributed by atoms with Gasteiger partial charge in [0.1, 0.15) is 0 Å². The van der Waals surface area contributed by atoms with Gasteiger partial charge in [-0.1, -0.05) is 6.08 Å². The number of aryl methyl sites for hydroxylation is 1. The number of likely N-dealkylation sites (tertiary alicyclic amines) is 1. The number of carboxylic acids is 1. The van der Waals surface area contributed by atoms with Gasteiger partial charge >= 0.3 is 12.1 Å². The molecule has 0 bridgehead atoms. The third-order valence-electron chi connectivity index (χ3n) is 5.10. The highest BCUT2D eigenvalue weighted by atomic mass is 19.4. The van der Waals surface area contributed by atoms with Crippen molar-refractivity contribution < 1.29 is 32.5 Å². The summed E-state index contributed by atoms with van der Waals surface area (Å²) in [5.41, 5.74) is 1.42. The summed E-state index contributed by atoms with van der Waals surface area (Å²) in [5, 5.41) is 11.4. The van der Waals surface area contributed by atoms with Crippen LogP contribution in [0.15, 0.2) is 25.0 Å². The number of aliphatic carboxylic acids is 1. The highest BCUT2D eigenvalue weighted by Gasteiger charge is 2.46. The van der Waals surface area contributed by atoms with Gasteiger partial charge < -0.3 is 14.6 Å². The first-order valence-corrected chi connectivity index (χ1v) is 9.46. The molecule has 0 aromatic carbocycles. The first kappa shape index (κ1) is 23.4. The average Bonchev–Trinajstić information content (AvgIpc) is 3.06. The zero-order valence-corrected chi connectivity index (χ0v) is 16.5. The Hall–Kier alpha value is -1.91. The second-order valence-corrected chi connectivity index (χ2v) is 7.45. The van der Waals surface area contributed by atoms with Gasteiger partial charge in [0.25, 0.3) is 0 Å². The Kier molecular flexibility index (Phi) is 8.23. The topological polar surface area (TPSA) is 76.8 Å². The molecule has 0 amide bonds. The van der Waals surface area contributed by atoms with Crippen LogP contribution in [0, 0.1) is 5.41 Å². The van der Waals surface area contributed by atoms with Gasteiger partial charge in [0, 0.05) is 50.5 Å². The fraction of sp³-hybridized carbons (Fsp3) is 0.684. The van der Waals surface area contributed by atoms with E-state index in [0.717, 1.165) is 45.7 Å². The maximum Gasteiger partial charge on any atom is 0.490 e. The molecule has 7 nitrogen and oxygen atoms in total. The Labute approximate surface area is 168 Å². The van der Waals surface area contributed by atoms with E-state index in [-0.39, 0.29) is 5.41 Å². The van der Waals surface area contributed by atoms with Gasteiger partial charge in [-0.25, -0.2) is 4.79 Å². The summed E-state index contributed by atoms with van der Waals surface area (Å²) in [4.78, 5) is 11.4. The van der Waals surface area contributed by atoms with E-state index in [9.17, 15) is 13.2 Å². The maximum atomic E-state index is 10.6. The Morgan fingerprint density at radius 2 is 2.28 bits per heavy atom. The van der Waals surface area contributed by atoms with Crippen LogP contribution in [0.1, 0.15) is 24.8 Å². The first-order chi connectivity index (χ1) is 13.7. The Bertz CT molecular complexity index is 680. The van der Waals surface area contributed by atoms with E-state index in [1.165, 1.54) is 12.0 Å². The van der Waals surface area contributed by atoms with Gasteiger partial charge in [-0.15, -0.1) is 6.58 Å². The largest absolute Gasteiger partial charge is 0.490 e. The Morgan fingerprint density at radius 3 is 2.86 bits per heavy atom. The Balaban J connectivity index is 0.000000370. The lowest BCUT2D eigenvalue weighted by molar-refractivity contribution is -0.192. The van der Waals surface area contributed by atoms with E-state index in [4.69, 9.17) is 19.4 Å². The lowest BCUT2D eigenvalue weighted by Crippen LogP contribution is -2.56. The summed E-state index contributed by atoms with van der Waals surface area (Å²) < 4.78 is 45.5. The minimum Gasteiger partial charge on any atom is -0.475 e. The molecule has 0 aliphatic carbocycles. The molecule has 0 saturated carbocycles. The van der Waals surface area contributed by atoms with E-state index in [2.05, 4.69) is 22.8 Å². The van der Waals surface area contributed by atoms with Crippen LogP contribution in [-0.2, 0) is 27.9 Å². The standard InChI is InChI=1S/C17H27N3O2.C2HF3O2/c1-3-8-21-14-17-6-4-9-22-16(17)5-7-20(13-17)12-15-10-18-19(2)11-15;3-2(4,5)1(6)7/h3,10-11,16H,1,4-9,12-14H2,2H3;(H,6,7). The van der Waals surface area contributed by atoms with E-state index in [0.29, 0.717) is 12.7 Å². The van der Waals surface area contributed by atoms with Crippen LogP contribution < -0.4 is 0 Å². The molecule has 2 aliphatic rings. The molecule has 0 radical (unpaired) electrons. The molecule has 10 heteroatoms. The third kappa shape index (κ3) is 6.83. The number of hydrogen-bond acceptors (Lipinski definition) is 5. The summed E-state index contributed by atoms with van der Waals surface area (Å²) in [6, 6.07) is 0. The zero-order chi connectivity index (χ0) is 21.5. The number of rotatable bonds is 6. The summed E-state index contributed by atoms with van der Waals surface area (Å²) in [7, 11) is 1.97. The highest BCUT2D eigenvalue weighted by molar-refractivity contribution is 5.73. The molecule has 2 saturated heterocycles. The number of nitrogens with zero attached hydrogens (tertiary/aromatic N) is 3. The fourth-order valence-electron chi connectivity index (χ4n) is 3.89. The normalized spacial score (nSPS) is 24.9. The van der Waals surface area contributed by atoms with E-state index >= 15 is 0 Å². The minimum atomic E-state index is -5.08. The van der Waals surface area contributed by atoms with Crippen LogP contribution in [0.3, 0.4) is 0 Å². The van der Waals surface area contributed by atoms with E-state index in [1.807, 2.05) is 24.0 Å². The number of carboxylic acid groups (broad SMARTS) is 1. The molecule has 2 fully saturated rings. The first-order valence-electron chi connectivity index (χ1n) is 9.46. The second-order valence-electron chi connectivity index (χ2n) is 7.45. The van der Waals surface area contributed by atoms with Crippen molar-refractivity contribution in [3.05, 3.63) is 30.6 Å². The number of hydrogen-bond donors (Lipinski definition) is 1. The van der Waals surface area contributed by atoms with Gasteiger partial charge in [-0.05, 0) is 19.3 Å². The van der Waals surface area contributed by atoms with Crippen LogP contribution in [0.5, 0.6) is 0 Å². The van der Waals surface area contributed by atoms with Crippen molar-refractivity contribution in [1.82, 2.24) is 14.7 Å². The van der Waals surface area contributed by atoms with E-state index in [1.54, 1.807) is 0 Å². The molecule has 1 N–H and O–H groups in total. The molecular formula is C19H28F3N3O4. The smallest absolute Gasteiger partial charge is 0.475 e. The monoisotopic (exact) mass is 419 g/mol. The average molecular weight is 419 g/mol. The summed E-state index contributed by atoms with van der Waals surface area (Å²) >= 11 is 0. The van der Waals surface area contributed by atoms with Crippen molar-refractivity contribution in [2.45, 2.75) is 38.1 Å². The quantitative estimate of drug-likeness (QED) is 0.564. The number of aromatic nitrogens is 2. The summed E-state index contributed by atoms with van der Waals surface area (Å²) in [6.07, 6.45) is 4.57. The number of piperidine rings is 1. The summed E-state index contributed by atoms with van der Waals surface area (Å²) in [6.45, 7) is 9.13. The van der Waals surface area contributed by atoms with E-state index < -0.39 is 12.1 Å². The molecule has 2 unspecified atom stereocenters. The molecule has 3 heterocycles. The lowest BCUT2D eigenvalue weighted by atomic mass is 9.73. The van der Waals surface area contributed by atoms with Crippen molar-refractivity contribution in [2.75, 3.05) is 32.9 Å². The number of halogens is 3. The van der Waals surface area contributed by atoms with Gasteiger partial charge in [-0.2, -0.15) is 18.3 Å². The van der Waals surface area contributed by atoms with Crippen LogP contribution in [0.4, 0.5) is 13.2 Å². The van der Waals surface area contributed by atoms with Gasteiger partial charge in [0.05, 0.1) is 25.5 Å². The zero-order valence-electron chi connectivity index (χ0n) is 16.5. The number of alkyl halides is 3. The van der Waals surface area contributed by atoms with Gasteiger partial charge in [0.2, 0.25) is 0 Å². The van der Waals surface area contributed by atoms with Crippen molar-refractivity contribution in [2.24, 2.45) is 12.5 Å². The number of carbonyl (C=O) groups is 1. The SMILES string of the molecule is C=CCOCC12CCCOC1CCN(Cc1cnn(C)c1)C2.O=C(O)C(F)(F)F. The number of fused-ring (bicyclic) bond motifs is 1. The van der Waals surface area contributed by atoms with Crippen molar-refractivity contribution in [3.8, 4) is 0 Å².